The standard InChI is InChI=1S/C24H33N5O2S/c1-18-7-6-12-29(16-18)20-15-21(30-2)27-22(26-20)28-23(32)25-17-24(10-13-31-14-11-24)19-8-4-3-5-9-19/h3-5,8-9,15,18H,6-7,10-14,16-17H2,1-2H3,(H2,25,26,27,28,32)/t18-/m1/s1. The van der Waals surface area contributed by atoms with E-state index in [0.29, 0.717) is 22.9 Å². The van der Waals surface area contributed by atoms with E-state index in [-0.39, 0.29) is 5.41 Å². The lowest BCUT2D eigenvalue weighted by molar-refractivity contribution is 0.0515. The van der Waals surface area contributed by atoms with Crippen LogP contribution >= 0.6 is 12.2 Å². The van der Waals surface area contributed by atoms with E-state index in [2.05, 4.69) is 57.8 Å². The molecule has 0 amide bonds. The van der Waals surface area contributed by atoms with E-state index >= 15 is 0 Å². The Labute approximate surface area is 195 Å². The Morgan fingerprint density at radius 1 is 1.25 bits per heavy atom. The van der Waals surface area contributed by atoms with Crippen molar-refractivity contribution in [2.24, 2.45) is 5.92 Å². The molecule has 172 valence electrons. The molecule has 8 heteroatoms. The van der Waals surface area contributed by atoms with Crippen LogP contribution < -0.4 is 20.3 Å². The minimum atomic E-state index is -0.00438. The summed E-state index contributed by atoms with van der Waals surface area (Å²) in [6.07, 6.45) is 4.34. The van der Waals surface area contributed by atoms with Crippen LogP contribution in [0.3, 0.4) is 0 Å². The molecule has 2 fully saturated rings. The van der Waals surface area contributed by atoms with Gasteiger partial charge in [0.1, 0.15) is 5.82 Å². The summed E-state index contributed by atoms with van der Waals surface area (Å²) in [5.41, 5.74) is 1.31. The van der Waals surface area contributed by atoms with Crippen molar-refractivity contribution < 1.29 is 9.47 Å². The van der Waals surface area contributed by atoms with Gasteiger partial charge in [0, 0.05) is 44.3 Å². The Morgan fingerprint density at radius 2 is 2.03 bits per heavy atom. The van der Waals surface area contributed by atoms with E-state index in [9.17, 15) is 0 Å². The molecule has 0 saturated carbocycles. The second kappa shape index (κ2) is 10.4. The minimum absolute atomic E-state index is 0.00438. The molecule has 1 aromatic carbocycles. The van der Waals surface area contributed by atoms with Crippen molar-refractivity contribution in [2.75, 3.05) is 50.2 Å². The molecular formula is C24H33N5O2S. The zero-order valence-electron chi connectivity index (χ0n) is 19.0. The van der Waals surface area contributed by atoms with Gasteiger partial charge in [-0.2, -0.15) is 9.97 Å². The fourth-order valence-electron chi connectivity index (χ4n) is 4.65. The van der Waals surface area contributed by atoms with Crippen LogP contribution in [0.2, 0.25) is 0 Å². The topological polar surface area (TPSA) is 71.5 Å². The molecule has 2 aliphatic rings. The normalized spacial score (nSPS) is 20.4. The quantitative estimate of drug-likeness (QED) is 0.638. The average molecular weight is 456 g/mol. The maximum absolute atomic E-state index is 5.64. The van der Waals surface area contributed by atoms with Gasteiger partial charge in [-0.1, -0.05) is 37.3 Å². The van der Waals surface area contributed by atoms with Gasteiger partial charge in [-0.25, -0.2) is 0 Å². The summed E-state index contributed by atoms with van der Waals surface area (Å²) in [7, 11) is 1.63. The molecule has 2 N–H and O–H groups in total. The minimum Gasteiger partial charge on any atom is -0.481 e. The molecule has 2 aliphatic heterocycles. The molecule has 1 aromatic heterocycles. The van der Waals surface area contributed by atoms with Crippen molar-refractivity contribution in [1.29, 1.82) is 0 Å². The molecular weight excluding hydrogens is 422 g/mol. The van der Waals surface area contributed by atoms with E-state index in [1.165, 1.54) is 18.4 Å². The van der Waals surface area contributed by atoms with Crippen LogP contribution in [0.5, 0.6) is 5.88 Å². The van der Waals surface area contributed by atoms with E-state index in [1.54, 1.807) is 7.11 Å². The molecule has 3 heterocycles. The second-order valence-electron chi connectivity index (χ2n) is 8.85. The summed E-state index contributed by atoms with van der Waals surface area (Å²) in [6.45, 7) is 6.51. The van der Waals surface area contributed by atoms with Crippen LogP contribution in [0.25, 0.3) is 0 Å². The Balaban J connectivity index is 1.44. The summed E-state index contributed by atoms with van der Waals surface area (Å²) in [4.78, 5) is 11.5. The second-order valence-corrected chi connectivity index (χ2v) is 9.26. The first-order valence-electron chi connectivity index (χ1n) is 11.4. The smallest absolute Gasteiger partial charge is 0.234 e. The molecule has 0 bridgehead atoms. The van der Waals surface area contributed by atoms with Gasteiger partial charge in [0.15, 0.2) is 5.11 Å². The van der Waals surface area contributed by atoms with Crippen molar-refractivity contribution in [3.63, 3.8) is 0 Å². The molecule has 2 aromatic rings. The highest BCUT2D eigenvalue weighted by Gasteiger charge is 2.34. The van der Waals surface area contributed by atoms with Gasteiger partial charge >= 0.3 is 0 Å². The number of hydrogen-bond donors (Lipinski definition) is 2. The zero-order chi connectivity index (χ0) is 22.4. The van der Waals surface area contributed by atoms with Crippen molar-refractivity contribution in [1.82, 2.24) is 15.3 Å². The van der Waals surface area contributed by atoms with Crippen LogP contribution in [0.4, 0.5) is 11.8 Å². The summed E-state index contributed by atoms with van der Waals surface area (Å²) in [5, 5.41) is 7.10. The van der Waals surface area contributed by atoms with E-state index in [4.69, 9.17) is 26.7 Å². The summed E-state index contributed by atoms with van der Waals surface area (Å²) < 4.78 is 11.1. The first-order valence-corrected chi connectivity index (χ1v) is 11.8. The maximum atomic E-state index is 5.64. The third kappa shape index (κ3) is 5.48. The molecule has 0 spiro atoms. The third-order valence-corrected chi connectivity index (χ3v) is 6.77. The Morgan fingerprint density at radius 3 is 2.75 bits per heavy atom. The first kappa shape index (κ1) is 22.7. The highest BCUT2D eigenvalue weighted by Crippen LogP contribution is 2.34. The Kier molecular flexibility index (Phi) is 7.42. The van der Waals surface area contributed by atoms with Crippen LogP contribution in [0, 0.1) is 5.92 Å². The summed E-state index contributed by atoms with van der Waals surface area (Å²) >= 11 is 5.61. The molecule has 0 unspecified atom stereocenters. The van der Waals surface area contributed by atoms with Crippen LogP contribution in [-0.2, 0) is 10.2 Å². The number of methoxy groups -OCH3 is 1. The number of nitrogens with zero attached hydrogens (tertiary/aromatic N) is 3. The predicted molar refractivity (Wildman–Crippen MR) is 132 cm³/mol. The number of benzene rings is 1. The molecule has 1 atom stereocenters. The highest BCUT2D eigenvalue weighted by atomic mass is 32.1. The van der Waals surface area contributed by atoms with E-state index in [1.807, 2.05) is 6.07 Å². The summed E-state index contributed by atoms with van der Waals surface area (Å²) in [6, 6.07) is 12.5. The number of nitrogens with one attached hydrogen (secondary N) is 2. The van der Waals surface area contributed by atoms with Crippen molar-refractivity contribution in [3.8, 4) is 5.88 Å². The van der Waals surface area contributed by atoms with Gasteiger partial charge < -0.3 is 25.0 Å². The summed E-state index contributed by atoms with van der Waals surface area (Å²) in [5.74, 6) is 2.51. The number of ether oxygens (including phenoxy) is 2. The predicted octanol–water partition coefficient (Wildman–Crippen LogP) is 3.76. The van der Waals surface area contributed by atoms with Crippen LogP contribution in [0.15, 0.2) is 36.4 Å². The number of rotatable bonds is 6. The van der Waals surface area contributed by atoms with E-state index < -0.39 is 0 Å². The molecule has 4 rings (SSSR count). The SMILES string of the molecule is COc1cc(N2CCC[C@@H](C)C2)nc(NC(=S)NCC2(c3ccccc3)CCOCC2)n1. The number of thiocarbonyl (C=S) groups is 1. The first-order chi connectivity index (χ1) is 15.6. The lowest BCUT2D eigenvalue weighted by Crippen LogP contribution is -2.45. The van der Waals surface area contributed by atoms with Crippen molar-refractivity contribution in [3.05, 3.63) is 42.0 Å². The molecule has 7 nitrogen and oxygen atoms in total. The number of aromatic nitrogens is 2. The van der Waals surface area contributed by atoms with Crippen LogP contribution in [-0.4, -0.2) is 55.0 Å². The Bertz CT molecular complexity index is 905. The molecule has 0 aliphatic carbocycles. The average Bonchev–Trinajstić information content (AvgIpc) is 2.84. The fourth-order valence-corrected chi connectivity index (χ4v) is 4.81. The highest BCUT2D eigenvalue weighted by molar-refractivity contribution is 7.80. The molecule has 32 heavy (non-hydrogen) atoms. The number of piperidine rings is 1. The molecule has 2 saturated heterocycles. The van der Waals surface area contributed by atoms with Gasteiger partial charge in [0.05, 0.1) is 7.11 Å². The lowest BCUT2D eigenvalue weighted by Gasteiger charge is -2.38. The largest absolute Gasteiger partial charge is 0.481 e. The maximum Gasteiger partial charge on any atom is 0.234 e. The monoisotopic (exact) mass is 455 g/mol. The van der Waals surface area contributed by atoms with Crippen LogP contribution in [0.1, 0.15) is 38.2 Å². The van der Waals surface area contributed by atoms with Gasteiger partial charge in [-0.15, -0.1) is 0 Å². The number of hydrogen-bond acceptors (Lipinski definition) is 6. The van der Waals surface area contributed by atoms with Gasteiger partial charge in [-0.05, 0) is 49.4 Å². The van der Waals surface area contributed by atoms with Gasteiger partial charge in [-0.3, -0.25) is 0 Å². The zero-order valence-corrected chi connectivity index (χ0v) is 19.8. The number of anilines is 2. The third-order valence-electron chi connectivity index (χ3n) is 6.53. The van der Waals surface area contributed by atoms with Crippen molar-refractivity contribution in [2.45, 2.75) is 38.0 Å². The Hall–Kier alpha value is -2.45. The fraction of sp³-hybridized carbons (Fsp3) is 0.542. The van der Waals surface area contributed by atoms with Crippen molar-refractivity contribution >= 4 is 29.1 Å². The van der Waals surface area contributed by atoms with E-state index in [0.717, 1.165) is 51.5 Å². The van der Waals surface area contributed by atoms with Gasteiger partial charge in [0.25, 0.3) is 0 Å². The lowest BCUT2D eigenvalue weighted by atomic mass is 9.74. The molecule has 0 radical (unpaired) electrons. The van der Waals surface area contributed by atoms with Gasteiger partial charge in [0.2, 0.25) is 11.8 Å².